The second-order valence-corrected chi connectivity index (χ2v) is 7.10. The molecule has 0 radical (unpaired) electrons. The summed E-state index contributed by atoms with van der Waals surface area (Å²) in [4.78, 5) is 7.21. The molecule has 0 amide bonds. The zero-order valence-electron chi connectivity index (χ0n) is 12.2. The van der Waals surface area contributed by atoms with Gasteiger partial charge in [-0.2, -0.15) is 0 Å². The van der Waals surface area contributed by atoms with Gasteiger partial charge in [0, 0.05) is 41.9 Å². The molecule has 1 aromatic rings. The normalized spacial score (nSPS) is 18.3. The molecule has 0 atom stereocenters. The predicted molar refractivity (Wildman–Crippen MR) is 87.0 cm³/mol. The molecule has 2 saturated carbocycles. The van der Waals surface area contributed by atoms with Gasteiger partial charge in [-0.3, -0.25) is 0 Å². The first kappa shape index (κ1) is 14.3. The van der Waals surface area contributed by atoms with Crippen LogP contribution in [-0.2, 0) is 6.54 Å². The summed E-state index contributed by atoms with van der Waals surface area (Å²) in [5, 5.41) is 3.62. The standard InChI is InChI=1S/C16H24BrN3/c1-2-7-20(11-12-3-4-12)16-13(8-14(17)10-19-16)9-18-15-5-6-15/h8,10,12,15,18H,2-7,9,11H2,1H3. The van der Waals surface area contributed by atoms with Gasteiger partial charge in [-0.25, -0.2) is 4.98 Å². The predicted octanol–water partition coefficient (Wildman–Crippen LogP) is 3.72. The fourth-order valence-corrected chi connectivity index (χ4v) is 2.97. The quantitative estimate of drug-likeness (QED) is 0.783. The number of nitrogens with one attached hydrogen (secondary N) is 1. The van der Waals surface area contributed by atoms with Crippen molar-refractivity contribution in [1.82, 2.24) is 10.3 Å². The minimum Gasteiger partial charge on any atom is -0.356 e. The van der Waals surface area contributed by atoms with Gasteiger partial charge in [-0.15, -0.1) is 0 Å². The monoisotopic (exact) mass is 337 g/mol. The van der Waals surface area contributed by atoms with Crippen molar-refractivity contribution >= 4 is 21.7 Å². The molecule has 0 bridgehead atoms. The molecular weight excluding hydrogens is 314 g/mol. The summed E-state index contributed by atoms with van der Waals surface area (Å²) in [7, 11) is 0. The summed E-state index contributed by atoms with van der Waals surface area (Å²) in [5.74, 6) is 2.09. The van der Waals surface area contributed by atoms with Crippen LogP contribution in [0.25, 0.3) is 0 Å². The van der Waals surface area contributed by atoms with E-state index in [4.69, 9.17) is 4.98 Å². The Morgan fingerprint density at radius 2 is 2.15 bits per heavy atom. The van der Waals surface area contributed by atoms with Crippen LogP contribution in [0, 0.1) is 5.92 Å². The molecule has 1 N–H and O–H groups in total. The lowest BCUT2D eigenvalue weighted by Gasteiger charge is -2.26. The van der Waals surface area contributed by atoms with Crippen LogP contribution in [0.15, 0.2) is 16.7 Å². The van der Waals surface area contributed by atoms with E-state index >= 15 is 0 Å². The molecule has 1 heterocycles. The molecule has 20 heavy (non-hydrogen) atoms. The fraction of sp³-hybridized carbons (Fsp3) is 0.688. The lowest BCUT2D eigenvalue weighted by atomic mass is 10.2. The van der Waals surface area contributed by atoms with Crippen LogP contribution in [-0.4, -0.2) is 24.1 Å². The first-order chi connectivity index (χ1) is 9.76. The van der Waals surface area contributed by atoms with Gasteiger partial charge >= 0.3 is 0 Å². The van der Waals surface area contributed by atoms with E-state index in [9.17, 15) is 0 Å². The van der Waals surface area contributed by atoms with E-state index in [2.05, 4.69) is 39.1 Å². The summed E-state index contributed by atoms with van der Waals surface area (Å²) in [6.07, 6.45) is 8.57. The molecule has 110 valence electrons. The zero-order chi connectivity index (χ0) is 13.9. The van der Waals surface area contributed by atoms with Crippen molar-refractivity contribution in [2.24, 2.45) is 5.92 Å². The minimum absolute atomic E-state index is 0.741. The largest absolute Gasteiger partial charge is 0.356 e. The molecule has 0 saturated heterocycles. The molecule has 2 aliphatic carbocycles. The third-order valence-electron chi connectivity index (χ3n) is 4.04. The molecule has 2 aliphatic rings. The van der Waals surface area contributed by atoms with Crippen molar-refractivity contribution < 1.29 is 0 Å². The molecule has 0 spiro atoms. The number of rotatable bonds is 8. The average molecular weight is 338 g/mol. The second kappa shape index (κ2) is 6.44. The summed E-state index contributed by atoms with van der Waals surface area (Å²) in [5.41, 5.74) is 1.33. The van der Waals surface area contributed by atoms with Crippen molar-refractivity contribution in [2.45, 2.75) is 51.6 Å². The highest BCUT2D eigenvalue weighted by atomic mass is 79.9. The van der Waals surface area contributed by atoms with E-state index in [1.165, 1.54) is 50.0 Å². The lowest BCUT2D eigenvalue weighted by Crippen LogP contribution is -2.29. The van der Waals surface area contributed by atoms with Crippen LogP contribution in [0.3, 0.4) is 0 Å². The fourth-order valence-electron chi connectivity index (χ4n) is 2.60. The SMILES string of the molecule is CCCN(CC1CC1)c1ncc(Br)cc1CNC1CC1. The van der Waals surface area contributed by atoms with Gasteiger partial charge in [0.25, 0.3) is 0 Å². The number of halogens is 1. The van der Waals surface area contributed by atoms with E-state index in [-0.39, 0.29) is 0 Å². The highest BCUT2D eigenvalue weighted by molar-refractivity contribution is 9.10. The molecule has 0 aromatic carbocycles. The van der Waals surface area contributed by atoms with Gasteiger partial charge < -0.3 is 10.2 Å². The van der Waals surface area contributed by atoms with E-state index in [0.29, 0.717) is 0 Å². The Hall–Kier alpha value is -0.610. The van der Waals surface area contributed by atoms with Gasteiger partial charge in [-0.05, 0) is 60.0 Å². The molecular formula is C16H24BrN3. The van der Waals surface area contributed by atoms with Crippen LogP contribution < -0.4 is 10.2 Å². The number of hydrogen-bond donors (Lipinski definition) is 1. The Bertz CT molecular complexity index is 455. The highest BCUT2D eigenvalue weighted by Gasteiger charge is 2.26. The van der Waals surface area contributed by atoms with Crippen LogP contribution in [0.4, 0.5) is 5.82 Å². The topological polar surface area (TPSA) is 28.2 Å². The number of hydrogen-bond acceptors (Lipinski definition) is 3. The zero-order valence-corrected chi connectivity index (χ0v) is 13.8. The van der Waals surface area contributed by atoms with E-state index < -0.39 is 0 Å². The molecule has 2 fully saturated rings. The number of nitrogens with zero attached hydrogens (tertiary/aromatic N) is 2. The van der Waals surface area contributed by atoms with Crippen LogP contribution in [0.1, 0.15) is 44.6 Å². The van der Waals surface area contributed by atoms with Crippen molar-refractivity contribution in [1.29, 1.82) is 0 Å². The third-order valence-corrected chi connectivity index (χ3v) is 4.47. The van der Waals surface area contributed by atoms with Crippen LogP contribution in [0.2, 0.25) is 0 Å². The Morgan fingerprint density at radius 1 is 1.35 bits per heavy atom. The Morgan fingerprint density at radius 3 is 2.80 bits per heavy atom. The minimum atomic E-state index is 0.741. The molecule has 3 nitrogen and oxygen atoms in total. The molecule has 1 aromatic heterocycles. The lowest BCUT2D eigenvalue weighted by molar-refractivity contribution is 0.664. The average Bonchev–Trinajstić information content (AvgIpc) is 3.31. The van der Waals surface area contributed by atoms with E-state index in [1.54, 1.807) is 0 Å². The Labute approximate surface area is 130 Å². The van der Waals surface area contributed by atoms with Crippen molar-refractivity contribution in [3.05, 3.63) is 22.3 Å². The van der Waals surface area contributed by atoms with Gasteiger partial charge in [0.15, 0.2) is 0 Å². The molecule has 0 unspecified atom stereocenters. The molecule has 0 aliphatic heterocycles. The Kier molecular flexibility index (Phi) is 4.61. The number of pyridine rings is 1. The van der Waals surface area contributed by atoms with Crippen LogP contribution in [0.5, 0.6) is 0 Å². The van der Waals surface area contributed by atoms with Crippen molar-refractivity contribution in [2.75, 3.05) is 18.0 Å². The Balaban J connectivity index is 1.75. The summed E-state index contributed by atoms with van der Waals surface area (Å²) in [6.45, 7) is 5.48. The first-order valence-electron chi connectivity index (χ1n) is 7.89. The number of anilines is 1. The van der Waals surface area contributed by atoms with Crippen molar-refractivity contribution in [3.8, 4) is 0 Å². The van der Waals surface area contributed by atoms with Gasteiger partial charge in [0.2, 0.25) is 0 Å². The smallest absolute Gasteiger partial charge is 0.133 e. The van der Waals surface area contributed by atoms with Crippen molar-refractivity contribution in [3.63, 3.8) is 0 Å². The summed E-state index contributed by atoms with van der Waals surface area (Å²) < 4.78 is 1.08. The second-order valence-electron chi connectivity index (χ2n) is 6.18. The number of aromatic nitrogens is 1. The van der Waals surface area contributed by atoms with Gasteiger partial charge in [0.05, 0.1) is 0 Å². The van der Waals surface area contributed by atoms with Crippen LogP contribution >= 0.6 is 15.9 Å². The van der Waals surface area contributed by atoms with Gasteiger partial charge in [0.1, 0.15) is 5.82 Å². The maximum atomic E-state index is 4.72. The van der Waals surface area contributed by atoms with Gasteiger partial charge in [-0.1, -0.05) is 6.92 Å². The maximum Gasteiger partial charge on any atom is 0.133 e. The maximum absolute atomic E-state index is 4.72. The molecule has 3 rings (SSSR count). The van der Waals surface area contributed by atoms with E-state index in [1.807, 2.05) is 6.20 Å². The highest BCUT2D eigenvalue weighted by Crippen LogP contribution is 2.32. The molecule has 4 heteroatoms. The summed E-state index contributed by atoms with van der Waals surface area (Å²) in [6, 6.07) is 2.97. The van der Waals surface area contributed by atoms with E-state index in [0.717, 1.165) is 29.5 Å². The summed E-state index contributed by atoms with van der Waals surface area (Å²) >= 11 is 3.56. The third kappa shape index (κ3) is 3.95. The first-order valence-corrected chi connectivity index (χ1v) is 8.68.